The van der Waals surface area contributed by atoms with Gasteiger partial charge in [-0.3, -0.25) is 18.3 Å². The smallest absolute Gasteiger partial charge is 0.311 e. The van der Waals surface area contributed by atoms with Crippen molar-refractivity contribution < 1.29 is 0 Å². The van der Waals surface area contributed by atoms with Crippen LogP contribution >= 0.6 is 0 Å². The minimum Gasteiger partial charge on any atom is -0.311 e. The summed E-state index contributed by atoms with van der Waals surface area (Å²) in [6.45, 7) is 14.1. The Morgan fingerprint density at radius 1 is 1.24 bits per heavy atom. The van der Waals surface area contributed by atoms with Gasteiger partial charge in [0.2, 0.25) is 5.78 Å². The lowest BCUT2D eigenvalue weighted by molar-refractivity contribution is 0.532. The van der Waals surface area contributed by atoms with Crippen molar-refractivity contribution in [2.75, 3.05) is 0 Å². The number of hydrogen-bond acceptors (Lipinski definition) is 3. The van der Waals surface area contributed by atoms with E-state index in [9.17, 15) is 9.59 Å². The van der Waals surface area contributed by atoms with Gasteiger partial charge in [0.25, 0.3) is 5.56 Å². The summed E-state index contributed by atoms with van der Waals surface area (Å²) in [5.41, 5.74) is 2.98. The van der Waals surface area contributed by atoms with Gasteiger partial charge >= 0.3 is 5.69 Å². The molecule has 3 heterocycles. The van der Waals surface area contributed by atoms with E-state index in [2.05, 4.69) is 30.0 Å². The Bertz CT molecular complexity index is 1120. The predicted octanol–water partition coefficient (Wildman–Crippen LogP) is 2.31. The fourth-order valence-electron chi connectivity index (χ4n) is 3.39. The molecule has 0 saturated carbocycles. The molecule has 7 heteroatoms. The predicted molar refractivity (Wildman–Crippen MR) is 99.5 cm³/mol. The maximum absolute atomic E-state index is 13.1. The number of rotatable bonds is 4. The number of aryl methyl sites for hydroxylation is 2. The quantitative estimate of drug-likeness (QED) is 0.683. The highest BCUT2D eigenvalue weighted by Crippen LogP contribution is 2.25. The second-order valence-corrected chi connectivity index (χ2v) is 6.91. The Morgan fingerprint density at radius 2 is 1.88 bits per heavy atom. The van der Waals surface area contributed by atoms with E-state index < -0.39 is 0 Å². The monoisotopic (exact) mass is 343 g/mol. The lowest BCUT2D eigenvalue weighted by atomic mass is 10.2. The Balaban J connectivity index is 2.55. The largest absolute Gasteiger partial charge is 0.332 e. The molecule has 0 bridgehead atoms. The lowest BCUT2D eigenvalue weighted by Crippen LogP contribution is -2.39. The van der Waals surface area contributed by atoms with Crippen molar-refractivity contribution in [3.63, 3.8) is 0 Å². The molecular formula is C18H25N5O2. The van der Waals surface area contributed by atoms with E-state index in [1.807, 2.05) is 18.2 Å². The van der Waals surface area contributed by atoms with Crippen molar-refractivity contribution in [3.05, 3.63) is 44.4 Å². The summed E-state index contributed by atoms with van der Waals surface area (Å²) in [5, 5.41) is 0. The lowest BCUT2D eigenvalue weighted by Gasteiger charge is -2.13. The molecule has 0 aliphatic rings. The zero-order chi connectivity index (χ0) is 18.6. The molecule has 0 radical (unpaired) electrons. The average molecular weight is 343 g/mol. The Labute approximate surface area is 145 Å². The molecule has 0 spiro atoms. The van der Waals surface area contributed by atoms with Crippen molar-refractivity contribution in [1.29, 1.82) is 0 Å². The Kier molecular flexibility index (Phi) is 3.97. The van der Waals surface area contributed by atoms with E-state index in [4.69, 9.17) is 0 Å². The molecule has 1 atom stereocenters. The Hall–Kier alpha value is -2.57. The van der Waals surface area contributed by atoms with Gasteiger partial charge in [0.05, 0.1) is 6.54 Å². The number of nitrogens with zero attached hydrogens (tertiary/aromatic N) is 5. The van der Waals surface area contributed by atoms with Crippen LogP contribution in [0.4, 0.5) is 0 Å². The highest BCUT2D eigenvalue weighted by molar-refractivity contribution is 5.76. The topological polar surface area (TPSA) is 66.2 Å². The van der Waals surface area contributed by atoms with E-state index >= 15 is 0 Å². The fourth-order valence-corrected chi connectivity index (χ4v) is 3.39. The standard InChI is InChI=1S/C18H25N5O2/c1-8-11(4)22-12(5)13(6)23-14-15(19-17(22)23)20(7)18(25)21(16(14)24)9-10(2)3/h11H,2,8-9H2,1,3-7H3/t11-/m1/s1. The first kappa shape index (κ1) is 17.3. The second-order valence-electron chi connectivity index (χ2n) is 6.91. The molecule has 3 rings (SSSR count). The summed E-state index contributed by atoms with van der Waals surface area (Å²) in [4.78, 5) is 30.3. The van der Waals surface area contributed by atoms with Crippen LogP contribution in [0.5, 0.6) is 0 Å². The molecule has 0 aromatic carbocycles. The van der Waals surface area contributed by atoms with Crippen LogP contribution in [0.2, 0.25) is 0 Å². The first-order chi connectivity index (χ1) is 11.7. The van der Waals surface area contributed by atoms with Gasteiger partial charge in [-0.05, 0) is 34.1 Å². The van der Waals surface area contributed by atoms with Crippen LogP contribution in [0, 0.1) is 13.8 Å². The van der Waals surface area contributed by atoms with Gasteiger partial charge in [-0.1, -0.05) is 19.1 Å². The first-order valence-corrected chi connectivity index (χ1v) is 8.54. The number of hydrogen-bond donors (Lipinski definition) is 0. The zero-order valence-corrected chi connectivity index (χ0v) is 15.8. The third-order valence-corrected chi connectivity index (χ3v) is 5.02. The van der Waals surface area contributed by atoms with E-state index in [0.29, 0.717) is 16.9 Å². The van der Waals surface area contributed by atoms with Crippen molar-refractivity contribution in [2.45, 2.75) is 53.6 Å². The second kappa shape index (κ2) is 5.75. The fraction of sp³-hybridized carbons (Fsp3) is 0.500. The van der Waals surface area contributed by atoms with Gasteiger partial charge in [0.15, 0.2) is 11.2 Å². The molecule has 134 valence electrons. The molecule has 7 nitrogen and oxygen atoms in total. The zero-order valence-electron chi connectivity index (χ0n) is 15.8. The summed E-state index contributed by atoms with van der Waals surface area (Å²) < 4.78 is 6.70. The highest BCUT2D eigenvalue weighted by Gasteiger charge is 2.23. The summed E-state index contributed by atoms with van der Waals surface area (Å²) in [7, 11) is 1.65. The highest BCUT2D eigenvalue weighted by atomic mass is 16.2. The molecule has 0 aliphatic heterocycles. The molecule has 3 aromatic rings. The van der Waals surface area contributed by atoms with Crippen LogP contribution in [0.3, 0.4) is 0 Å². The van der Waals surface area contributed by atoms with Crippen LogP contribution in [0.1, 0.15) is 44.6 Å². The summed E-state index contributed by atoms with van der Waals surface area (Å²) >= 11 is 0. The van der Waals surface area contributed by atoms with Gasteiger partial charge in [0, 0.05) is 24.5 Å². The van der Waals surface area contributed by atoms with Crippen molar-refractivity contribution in [3.8, 4) is 0 Å². The average Bonchev–Trinajstić information content (AvgIpc) is 3.05. The summed E-state index contributed by atoms with van der Waals surface area (Å²) in [6, 6.07) is 0.252. The molecule has 0 unspecified atom stereocenters. The molecule has 0 amide bonds. The third kappa shape index (κ3) is 2.29. The SMILES string of the molecule is C=C(C)Cn1c(=O)c2c(nc3n([C@H](C)CC)c(C)c(C)n23)n(C)c1=O. The maximum Gasteiger partial charge on any atom is 0.332 e. The third-order valence-electron chi connectivity index (χ3n) is 5.02. The van der Waals surface area contributed by atoms with E-state index in [1.165, 1.54) is 9.13 Å². The van der Waals surface area contributed by atoms with Crippen molar-refractivity contribution in [2.24, 2.45) is 7.05 Å². The van der Waals surface area contributed by atoms with Gasteiger partial charge in [-0.25, -0.2) is 4.79 Å². The van der Waals surface area contributed by atoms with Crippen LogP contribution in [-0.2, 0) is 13.6 Å². The van der Waals surface area contributed by atoms with Gasteiger partial charge in [-0.15, -0.1) is 0 Å². The molecular weight excluding hydrogens is 318 g/mol. The molecule has 3 aromatic heterocycles. The van der Waals surface area contributed by atoms with Crippen LogP contribution < -0.4 is 11.2 Å². The van der Waals surface area contributed by atoms with Gasteiger partial charge in [-0.2, -0.15) is 4.98 Å². The maximum atomic E-state index is 13.1. The van der Waals surface area contributed by atoms with E-state index in [0.717, 1.165) is 23.4 Å². The number of allylic oxidation sites excluding steroid dienone is 1. The minimum absolute atomic E-state index is 0.207. The van der Waals surface area contributed by atoms with Crippen molar-refractivity contribution >= 4 is 16.9 Å². The molecule has 25 heavy (non-hydrogen) atoms. The number of imidazole rings is 2. The van der Waals surface area contributed by atoms with Gasteiger partial charge in [0.1, 0.15) is 0 Å². The molecule has 0 fully saturated rings. The van der Waals surface area contributed by atoms with E-state index in [-0.39, 0.29) is 23.8 Å². The number of aromatic nitrogens is 5. The Morgan fingerprint density at radius 3 is 2.44 bits per heavy atom. The van der Waals surface area contributed by atoms with Crippen LogP contribution in [0.15, 0.2) is 21.7 Å². The van der Waals surface area contributed by atoms with Crippen LogP contribution in [0.25, 0.3) is 16.9 Å². The van der Waals surface area contributed by atoms with Crippen LogP contribution in [-0.4, -0.2) is 23.1 Å². The molecule has 0 saturated heterocycles. The van der Waals surface area contributed by atoms with E-state index in [1.54, 1.807) is 14.0 Å². The van der Waals surface area contributed by atoms with Crippen molar-refractivity contribution in [1.82, 2.24) is 23.1 Å². The molecule has 0 N–H and O–H groups in total. The first-order valence-electron chi connectivity index (χ1n) is 8.54. The minimum atomic E-state index is -0.370. The molecule has 0 aliphatic carbocycles. The van der Waals surface area contributed by atoms with Gasteiger partial charge < -0.3 is 4.57 Å². The normalized spacial score (nSPS) is 13.0. The number of fused-ring (bicyclic) bond motifs is 3. The summed E-state index contributed by atoms with van der Waals surface area (Å²) in [5.74, 6) is 0.708. The summed E-state index contributed by atoms with van der Waals surface area (Å²) in [6.07, 6.45) is 0.951.